The number of ether oxygens (including phenoxy) is 2. The van der Waals surface area contributed by atoms with Crippen molar-refractivity contribution in [3.05, 3.63) is 59.7 Å². The van der Waals surface area contributed by atoms with E-state index in [0.29, 0.717) is 12.4 Å². The first kappa shape index (κ1) is 18.5. The molecule has 6 nitrogen and oxygen atoms in total. The first-order valence-electron chi connectivity index (χ1n) is 8.72. The zero-order valence-corrected chi connectivity index (χ0v) is 15.7. The Morgan fingerprint density at radius 1 is 1.15 bits per heavy atom. The molecule has 1 aromatic heterocycles. The van der Waals surface area contributed by atoms with Crippen molar-refractivity contribution in [3.63, 3.8) is 0 Å². The quantitative estimate of drug-likeness (QED) is 0.618. The molecule has 2 aromatic carbocycles. The fourth-order valence-corrected chi connectivity index (χ4v) is 2.59. The van der Waals surface area contributed by atoms with Crippen LogP contribution in [0, 0.1) is 0 Å². The van der Waals surface area contributed by atoms with Crippen LogP contribution in [0.1, 0.15) is 19.4 Å². The molecule has 0 fully saturated rings. The lowest BCUT2D eigenvalue weighted by Gasteiger charge is -2.06. The van der Waals surface area contributed by atoms with Crippen molar-refractivity contribution < 1.29 is 14.3 Å². The number of anilines is 1. The number of hydrogen-bond donors (Lipinski definition) is 2. The monoisotopic (exact) mass is 365 g/mol. The number of hydrogen-bond acceptors (Lipinski definition) is 4. The lowest BCUT2D eigenvalue weighted by molar-refractivity contribution is -0.115. The van der Waals surface area contributed by atoms with Crippen LogP contribution in [-0.4, -0.2) is 29.8 Å². The number of aromatic nitrogens is 2. The molecule has 0 spiro atoms. The summed E-state index contributed by atoms with van der Waals surface area (Å²) in [5, 5.41) is 10.8. The van der Waals surface area contributed by atoms with Crippen LogP contribution in [0.5, 0.6) is 11.5 Å². The number of aromatic amines is 1. The highest BCUT2D eigenvalue weighted by Crippen LogP contribution is 2.25. The van der Waals surface area contributed by atoms with Crippen molar-refractivity contribution in [2.24, 2.45) is 0 Å². The highest BCUT2D eigenvalue weighted by Gasteiger charge is 2.11. The number of nitrogens with one attached hydrogen (secondary N) is 2. The minimum atomic E-state index is -0.135. The van der Waals surface area contributed by atoms with E-state index in [0.717, 1.165) is 28.0 Å². The number of rotatable bonds is 7. The molecule has 6 heteroatoms. The molecule has 0 unspecified atom stereocenters. The van der Waals surface area contributed by atoms with E-state index in [1.54, 1.807) is 7.11 Å². The van der Waals surface area contributed by atoms with Crippen molar-refractivity contribution in [3.8, 4) is 11.5 Å². The summed E-state index contributed by atoms with van der Waals surface area (Å²) in [5.41, 5.74) is 2.94. The third kappa shape index (κ3) is 4.88. The maximum absolute atomic E-state index is 12.4. The van der Waals surface area contributed by atoms with Gasteiger partial charge in [-0.15, -0.1) is 0 Å². The molecule has 140 valence electrons. The van der Waals surface area contributed by atoms with Crippen molar-refractivity contribution in [1.82, 2.24) is 10.2 Å². The van der Waals surface area contributed by atoms with Crippen LogP contribution in [0.4, 0.5) is 5.82 Å². The molecule has 0 aliphatic heterocycles. The van der Waals surface area contributed by atoms with Crippen molar-refractivity contribution >= 4 is 22.6 Å². The summed E-state index contributed by atoms with van der Waals surface area (Å²) < 4.78 is 10.9. The number of amides is 1. The highest BCUT2D eigenvalue weighted by atomic mass is 16.5. The fraction of sp³-hybridized carbons (Fsp3) is 0.238. The van der Waals surface area contributed by atoms with Crippen molar-refractivity contribution in [1.29, 1.82) is 0 Å². The normalized spacial score (nSPS) is 10.5. The predicted molar refractivity (Wildman–Crippen MR) is 106 cm³/mol. The molecule has 1 amide bonds. The highest BCUT2D eigenvalue weighted by molar-refractivity contribution is 6.00. The van der Waals surface area contributed by atoms with E-state index in [4.69, 9.17) is 9.47 Å². The van der Waals surface area contributed by atoms with Crippen molar-refractivity contribution in [2.45, 2.75) is 20.3 Å². The van der Waals surface area contributed by atoms with E-state index >= 15 is 0 Å². The van der Waals surface area contributed by atoms with Gasteiger partial charge in [0.15, 0.2) is 5.82 Å². The molecule has 0 aliphatic rings. The van der Waals surface area contributed by atoms with E-state index in [1.165, 1.54) is 5.57 Å². The third-order valence-corrected chi connectivity index (χ3v) is 4.06. The van der Waals surface area contributed by atoms with Gasteiger partial charge >= 0.3 is 0 Å². The zero-order valence-electron chi connectivity index (χ0n) is 15.7. The average Bonchev–Trinajstić information content (AvgIpc) is 3.04. The van der Waals surface area contributed by atoms with Crippen LogP contribution in [0.15, 0.2) is 54.1 Å². The number of carbonyl (C=O) groups excluding carboxylic acids is 1. The second kappa shape index (κ2) is 8.40. The molecule has 27 heavy (non-hydrogen) atoms. The number of fused-ring (bicyclic) bond motifs is 1. The van der Waals surface area contributed by atoms with Gasteiger partial charge in [0.1, 0.15) is 18.1 Å². The van der Waals surface area contributed by atoms with Gasteiger partial charge in [0.2, 0.25) is 5.91 Å². The number of carbonyl (C=O) groups is 1. The Hall–Kier alpha value is -3.28. The summed E-state index contributed by atoms with van der Waals surface area (Å²) >= 11 is 0. The van der Waals surface area contributed by atoms with Crippen LogP contribution in [0.25, 0.3) is 10.9 Å². The lowest BCUT2D eigenvalue weighted by Crippen LogP contribution is -2.14. The first-order valence-corrected chi connectivity index (χ1v) is 8.72. The molecule has 3 rings (SSSR count). The summed E-state index contributed by atoms with van der Waals surface area (Å²) in [7, 11) is 1.61. The largest absolute Gasteiger partial charge is 0.497 e. The van der Waals surface area contributed by atoms with E-state index in [1.807, 2.05) is 62.4 Å². The first-order chi connectivity index (χ1) is 13.0. The van der Waals surface area contributed by atoms with Gasteiger partial charge in [-0.05, 0) is 55.8 Å². The van der Waals surface area contributed by atoms with Gasteiger partial charge in [-0.3, -0.25) is 9.89 Å². The van der Waals surface area contributed by atoms with Gasteiger partial charge in [-0.1, -0.05) is 17.7 Å². The predicted octanol–water partition coefficient (Wildman–Crippen LogP) is 4.10. The standard InChI is InChI=1S/C21H23N3O3/c1-14(2)10-11-27-17-8-9-19-18(13-17)21(24-23-19)22-20(25)12-15-4-6-16(26-3)7-5-15/h4-10,13H,11-12H2,1-3H3,(H2,22,23,24,25). The molecule has 0 atom stereocenters. The zero-order chi connectivity index (χ0) is 19.2. The maximum atomic E-state index is 12.4. The smallest absolute Gasteiger partial charge is 0.230 e. The molecule has 3 aromatic rings. The van der Waals surface area contributed by atoms with Crippen LogP contribution in [0.2, 0.25) is 0 Å². The number of allylic oxidation sites excluding steroid dienone is 1. The van der Waals surface area contributed by atoms with E-state index < -0.39 is 0 Å². The number of methoxy groups -OCH3 is 1. The lowest BCUT2D eigenvalue weighted by atomic mass is 10.1. The van der Waals surface area contributed by atoms with E-state index in [9.17, 15) is 4.79 Å². The van der Waals surface area contributed by atoms with E-state index in [-0.39, 0.29) is 12.3 Å². The van der Waals surface area contributed by atoms with Gasteiger partial charge in [0.25, 0.3) is 0 Å². The van der Waals surface area contributed by atoms with Gasteiger partial charge in [-0.25, -0.2) is 0 Å². The van der Waals surface area contributed by atoms with Gasteiger partial charge in [-0.2, -0.15) is 5.10 Å². The molecular weight excluding hydrogens is 342 g/mol. The molecule has 1 heterocycles. The summed E-state index contributed by atoms with van der Waals surface area (Å²) in [6.45, 7) is 4.56. The Kier molecular flexibility index (Phi) is 5.76. The molecule has 0 saturated heterocycles. The van der Waals surface area contributed by atoms with Gasteiger partial charge in [0, 0.05) is 5.39 Å². The van der Waals surface area contributed by atoms with Gasteiger partial charge in [0.05, 0.1) is 19.0 Å². The molecule has 0 saturated carbocycles. The second-order valence-corrected chi connectivity index (χ2v) is 6.45. The van der Waals surface area contributed by atoms with E-state index in [2.05, 4.69) is 15.5 Å². The number of H-pyrrole nitrogens is 1. The molecule has 0 bridgehead atoms. The molecule has 0 aliphatic carbocycles. The maximum Gasteiger partial charge on any atom is 0.230 e. The molecular formula is C21H23N3O3. The Balaban J connectivity index is 1.69. The summed E-state index contributed by atoms with van der Waals surface area (Å²) in [6.07, 6.45) is 2.27. The minimum absolute atomic E-state index is 0.135. The van der Waals surface area contributed by atoms with Crippen LogP contribution >= 0.6 is 0 Å². The average molecular weight is 365 g/mol. The molecule has 0 radical (unpaired) electrons. The van der Waals surface area contributed by atoms with Crippen LogP contribution in [0.3, 0.4) is 0 Å². The minimum Gasteiger partial charge on any atom is -0.497 e. The second-order valence-electron chi connectivity index (χ2n) is 6.45. The Bertz CT molecular complexity index is 954. The summed E-state index contributed by atoms with van der Waals surface area (Å²) in [5.74, 6) is 1.85. The van der Waals surface area contributed by atoms with Gasteiger partial charge < -0.3 is 14.8 Å². The third-order valence-electron chi connectivity index (χ3n) is 4.06. The Morgan fingerprint density at radius 3 is 2.59 bits per heavy atom. The van der Waals surface area contributed by atoms with Crippen molar-refractivity contribution in [2.75, 3.05) is 19.0 Å². The topological polar surface area (TPSA) is 76.2 Å². The Labute approximate surface area is 158 Å². The van der Waals surface area contributed by atoms with Crippen LogP contribution in [-0.2, 0) is 11.2 Å². The summed E-state index contributed by atoms with van der Waals surface area (Å²) in [6, 6.07) is 13.1. The summed E-state index contributed by atoms with van der Waals surface area (Å²) in [4.78, 5) is 12.4. The molecule has 2 N–H and O–H groups in total. The fourth-order valence-electron chi connectivity index (χ4n) is 2.59. The van der Waals surface area contributed by atoms with Crippen LogP contribution < -0.4 is 14.8 Å². The number of nitrogens with zero attached hydrogens (tertiary/aromatic N) is 1. The Morgan fingerprint density at radius 2 is 1.89 bits per heavy atom. The SMILES string of the molecule is COc1ccc(CC(=O)Nc2n[nH]c3ccc(OCC=C(C)C)cc23)cc1. The number of benzene rings is 2.